The third-order valence-electron chi connectivity index (χ3n) is 7.39. The second kappa shape index (κ2) is 11.2. The van der Waals surface area contributed by atoms with Crippen molar-refractivity contribution in [3.05, 3.63) is 52.2 Å². The smallest absolute Gasteiger partial charge is 0.197 e. The molecule has 0 radical (unpaired) electrons. The Morgan fingerprint density at radius 2 is 1.46 bits per heavy atom. The van der Waals surface area contributed by atoms with Crippen LogP contribution in [0.5, 0.6) is 17.2 Å². The lowest BCUT2D eigenvalue weighted by molar-refractivity contribution is -0.308. The minimum Gasteiger partial charge on any atom is -0.508 e. The maximum Gasteiger partial charge on any atom is 0.197 e. The Hall–Kier alpha value is -3.31. The molecular formula is C27H30O14. The number of hydrogen-bond donors (Lipinski definition) is 9. The molecule has 0 amide bonds. The van der Waals surface area contributed by atoms with Crippen LogP contribution in [0.25, 0.3) is 22.3 Å². The van der Waals surface area contributed by atoms with Crippen LogP contribution < -0.4 is 5.43 Å². The zero-order valence-corrected chi connectivity index (χ0v) is 21.5. The van der Waals surface area contributed by atoms with Gasteiger partial charge in [0.15, 0.2) is 11.7 Å². The van der Waals surface area contributed by atoms with Gasteiger partial charge in [-0.05, 0) is 31.2 Å². The average molecular weight is 579 g/mol. The quantitative estimate of drug-likeness (QED) is 0.175. The van der Waals surface area contributed by atoms with E-state index in [9.17, 15) is 50.8 Å². The summed E-state index contributed by atoms with van der Waals surface area (Å²) in [4.78, 5) is 13.0. The topological polar surface area (TPSA) is 240 Å². The standard InChI is InChI=1S/C27H30O14/c1-9-19(31)22(34)25(37)27(39-9)38-8-16-20(32)23(35)24(36)26(41-16)18-13(30)7-15-17(21(18)33)12(29)6-14(40-15)10-2-4-11(28)5-3-10/h2-7,9,16,19-20,22-28,30-37H,8H2,1H3/t9-,16+,19+,20+,22-,23-,24+,25-,26-,27-/m0/s1. The normalized spacial score (nSPS) is 34.1. The lowest BCUT2D eigenvalue weighted by Gasteiger charge is -2.43. The number of rotatable bonds is 5. The minimum atomic E-state index is -1.88. The molecule has 14 nitrogen and oxygen atoms in total. The summed E-state index contributed by atoms with van der Waals surface area (Å²) in [7, 11) is 0. The molecular weight excluding hydrogens is 548 g/mol. The van der Waals surface area contributed by atoms with Gasteiger partial charge < -0.3 is 64.6 Å². The number of hydrogen-bond acceptors (Lipinski definition) is 14. The molecule has 0 saturated carbocycles. The number of phenolic OH excluding ortho intramolecular Hbond substituents is 3. The van der Waals surface area contributed by atoms with E-state index in [-0.39, 0.29) is 22.5 Å². The monoisotopic (exact) mass is 578 g/mol. The Labute approximate surface area is 231 Å². The average Bonchev–Trinajstić information content (AvgIpc) is 2.93. The molecule has 2 aliphatic rings. The third kappa shape index (κ3) is 5.25. The molecule has 0 unspecified atom stereocenters. The van der Waals surface area contributed by atoms with E-state index in [4.69, 9.17) is 18.6 Å². The summed E-state index contributed by atoms with van der Waals surface area (Å²) in [5.74, 6) is -1.38. The number of phenols is 3. The molecule has 41 heavy (non-hydrogen) atoms. The third-order valence-corrected chi connectivity index (χ3v) is 7.39. The van der Waals surface area contributed by atoms with Crippen LogP contribution in [-0.4, -0.2) is 108 Å². The summed E-state index contributed by atoms with van der Waals surface area (Å²) in [5.41, 5.74) is -0.952. The Balaban J connectivity index is 1.44. The van der Waals surface area contributed by atoms with Crippen molar-refractivity contribution in [2.24, 2.45) is 0 Å². The van der Waals surface area contributed by atoms with Gasteiger partial charge in [-0.25, -0.2) is 0 Å². The molecule has 2 fully saturated rings. The SMILES string of the molecule is C[C@@H]1O[C@H](OC[C@H]2O[C@@H](c3c(O)cc4oc(-c5ccc(O)cc5)cc(=O)c4c3O)[C@H](O)[C@@H](O)[C@@H]2O)[C@@H](O)[C@@H](O)[C@@H]1O. The highest BCUT2D eigenvalue weighted by molar-refractivity contribution is 5.88. The fraction of sp³-hybridized carbons (Fsp3) is 0.444. The lowest BCUT2D eigenvalue weighted by atomic mass is 9.89. The van der Waals surface area contributed by atoms with Crippen LogP contribution in [0.1, 0.15) is 18.6 Å². The summed E-state index contributed by atoms with van der Waals surface area (Å²) >= 11 is 0. The van der Waals surface area contributed by atoms with E-state index < -0.39 is 90.3 Å². The first-order valence-corrected chi connectivity index (χ1v) is 12.7. The van der Waals surface area contributed by atoms with Crippen LogP contribution in [0, 0.1) is 0 Å². The number of fused-ring (bicyclic) bond motifs is 1. The van der Waals surface area contributed by atoms with Gasteiger partial charge in [-0.2, -0.15) is 0 Å². The highest BCUT2D eigenvalue weighted by atomic mass is 16.7. The van der Waals surface area contributed by atoms with Gasteiger partial charge >= 0.3 is 0 Å². The molecule has 0 aliphatic carbocycles. The second-order valence-electron chi connectivity index (χ2n) is 10.1. The number of ether oxygens (including phenoxy) is 3. The molecule has 10 atom stereocenters. The Kier molecular flexibility index (Phi) is 7.95. The molecule has 9 N–H and O–H groups in total. The lowest BCUT2D eigenvalue weighted by Crippen LogP contribution is -2.59. The van der Waals surface area contributed by atoms with E-state index in [0.29, 0.717) is 5.56 Å². The highest BCUT2D eigenvalue weighted by Crippen LogP contribution is 2.45. The fourth-order valence-corrected chi connectivity index (χ4v) is 5.02. The first-order chi connectivity index (χ1) is 19.4. The number of benzene rings is 2. The summed E-state index contributed by atoms with van der Waals surface area (Å²) in [5, 5.41) is 92.8. The van der Waals surface area contributed by atoms with Gasteiger partial charge in [-0.1, -0.05) is 0 Å². The molecule has 2 aliphatic heterocycles. The van der Waals surface area contributed by atoms with Gasteiger partial charge in [0.05, 0.1) is 18.3 Å². The van der Waals surface area contributed by atoms with E-state index in [2.05, 4.69) is 0 Å². The van der Waals surface area contributed by atoms with E-state index in [1.165, 1.54) is 31.2 Å². The zero-order chi connectivity index (χ0) is 29.7. The van der Waals surface area contributed by atoms with Crippen molar-refractivity contribution in [3.8, 4) is 28.6 Å². The molecule has 3 aromatic rings. The van der Waals surface area contributed by atoms with Crippen molar-refractivity contribution in [3.63, 3.8) is 0 Å². The van der Waals surface area contributed by atoms with E-state index in [1.54, 1.807) is 0 Å². The molecule has 5 rings (SSSR count). The van der Waals surface area contributed by atoms with Gasteiger partial charge in [0, 0.05) is 17.7 Å². The van der Waals surface area contributed by atoms with Crippen LogP contribution in [0.4, 0.5) is 0 Å². The maximum absolute atomic E-state index is 13.0. The van der Waals surface area contributed by atoms with Crippen LogP contribution in [0.15, 0.2) is 45.6 Å². The Morgan fingerprint density at radius 3 is 2.15 bits per heavy atom. The molecule has 0 bridgehead atoms. The summed E-state index contributed by atoms with van der Waals surface area (Å²) in [6, 6.07) is 7.86. The van der Waals surface area contributed by atoms with Crippen LogP contribution >= 0.6 is 0 Å². The van der Waals surface area contributed by atoms with E-state index in [0.717, 1.165) is 12.1 Å². The predicted molar refractivity (Wildman–Crippen MR) is 137 cm³/mol. The van der Waals surface area contributed by atoms with Crippen LogP contribution in [-0.2, 0) is 14.2 Å². The maximum atomic E-state index is 13.0. The Bertz CT molecular complexity index is 1460. The van der Waals surface area contributed by atoms with Crippen molar-refractivity contribution < 1.29 is 64.6 Å². The Morgan fingerprint density at radius 1 is 0.805 bits per heavy atom. The van der Waals surface area contributed by atoms with Gasteiger partial charge in [0.2, 0.25) is 0 Å². The molecule has 3 heterocycles. The molecule has 14 heteroatoms. The summed E-state index contributed by atoms with van der Waals surface area (Å²) in [6.45, 7) is 0.875. The molecule has 2 saturated heterocycles. The van der Waals surface area contributed by atoms with Gasteiger partial charge in [0.25, 0.3) is 0 Å². The van der Waals surface area contributed by atoms with Crippen LogP contribution in [0.3, 0.4) is 0 Å². The van der Waals surface area contributed by atoms with Crippen molar-refractivity contribution in [1.29, 1.82) is 0 Å². The van der Waals surface area contributed by atoms with Gasteiger partial charge in [0.1, 0.15) is 82.8 Å². The summed E-state index contributed by atoms with van der Waals surface area (Å²) < 4.78 is 22.2. The van der Waals surface area contributed by atoms with Gasteiger partial charge in [-0.3, -0.25) is 4.79 Å². The molecule has 0 spiro atoms. The number of aliphatic hydroxyl groups excluding tert-OH is 6. The van der Waals surface area contributed by atoms with Crippen molar-refractivity contribution in [2.45, 2.75) is 68.1 Å². The fourth-order valence-electron chi connectivity index (χ4n) is 5.02. The first-order valence-electron chi connectivity index (χ1n) is 12.7. The van der Waals surface area contributed by atoms with Crippen molar-refractivity contribution in [2.75, 3.05) is 6.61 Å². The van der Waals surface area contributed by atoms with E-state index in [1.807, 2.05) is 0 Å². The second-order valence-corrected chi connectivity index (χ2v) is 10.1. The minimum absolute atomic E-state index is 0.00717. The van der Waals surface area contributed by atoms with E-state index >= 15 is 0 Å². The van der Waals surface area contributed by atoms with Gasteiger partial charge in [-0.15, -0.1) is 0 Å². The molecule has 1 aromatic heterocycles. The predicted octanol–water partition coefficient (Wildman–Crippen LogP) is -1.06. The zero-order valence-electron chi connectivity index (χ0n) is 21.5. The number of aromatic hydroxyl groups is 3. The van der Waals surface area contributed by atoms with Crippen molar-refractivity contribution in [1.82, 2.24) is 0 Å². The first kappa shape index (κ1) is 29.2. The van der Waals surface area contributed by atoms with Crippen molar-refractivity contribution >= 4 is 11.0 Å². The molecule has 222 valence electrons. The molecule has 2 aromatic carbocycles. The van der Waals surface area contributed by atoms with Crippen LogP contribution in [0.2, 0.25) is 0 Å². The largest absolute Gasteiger partial charge is 0.508 e. The number of aliphatic hydroxyl groups is 6. The highest BCUT2D eigenvalue weighted by Gasteiger charge is 2.48. The summed E-state index contributed by atoms with van der Waals surface area (Å²) in [6.07, 6.45) is -15.6.